The van der Waals surface area contributed by atoms with Crippen molar-refractivity contribution in [1.29, 1.82) is 0 Å². The number of amides is 2. The van der Waals surface area contributed by atoms with Crippen molar-refractivity contribution in [2.75, 3.05) is 19.0 Å². The van der Waals surface area contributed by atoms with Gasteiger partial charge < -0.3 is 20.1 Å². The van der Waals surface area contributed by atoms with E-state index in [2.05, 4.69) is 10.6 Å². The Hall–Kier alpha value is -3.80. The summed E-state index contributed by atoms with van der Waals surface area (Å²) in [6.07, 6.45) is 0. The highest BCUT2D eigenvalue weighted by Gasteiger charge is 2.10. The van der Waals surface area contributed by atoms with Crippen molar-refractivity contribution < 1.29 is 19.1 Å². The van der Waals surface area contributed by atoms with Crippen LogP contribution in [0.3, 0.4) is 0 Å². The summed E-state index contributed by atoms with van der Waals surface area (Å²) < 4.78 is 10.8. The van der Waals surface area contributed by atoms with E-state index in [4.69, 9.17) is 9.47 Å². The summed E-state index contributed by atoms with van der Waals surface area (Å²) in [7, 11) is 1.55. The zero-order valence-corrected chi connectivity index (χ0v) is 17.0. The highest BCUT2D eigenvalue weighted by Crippen LogP contribution is 2.25. The van der Waals surface area contributed by atoms with Crippen molar-refractivity contribution in [1.82, 2.24) is 5.32 Å². The third-order valence-corrected chi connectivity index (χ3v) is 4.39. The number of hydrogen-bond donors (Lipinski definition) is 2. The summed E-state index contributed by atoms with van der Waals surface area (Å²) in [6.45, 7) is 2.18. The molecule has 0 aliphatic carbocycles. The van der Waals surface area contributed by atoms with Gasteiger partial charge in [-0.15, -0.1) is 0 Å². The lowest BCUT2D eigenvalue weighted by molar-refractivity contribution is -0.118. The van der Waals surface area contributed by atoms with Crippen LogP contribution >= 0.6 is 0 Å². The van der Waals surface area contributed by atoms with E-state index >= 15 is 0 Å². The number of carbonyl (C=O) groups excluding carboxylic acids is 2. The van der Waals surface area contributed by atoms with Crippen LogP contribution in [0.5, 0.6) is 11.5 Å². The molecule has 30 heavy (non-hydrogen) atoms. The summed E-state index contributed by atoms with van der Waals surface area (Å²) >= 11 is 0. The first kappa shape index (κ1) is 20.9. The molecule has 0 unspecified atom stereocenters. The Morgan fingerprint density at radius 1 is 0.933 bits per heavy atom. The van der Waals surface area contributed by atoms with E-state index in [9.17, 15) is 9.59 Å². The molecule has 0 saturated carbocycles. The molecule has 154 valence electrons. The smallest absolute Gasteiger partial charge is 0.262 e. The Balaban J connectivity index is 1.55. The van der Waals surface area contributed by atoms with Gasteiger partial charge in [0, 0.05) is 12.1 Å². The second-order valence-corrected chi connectivity index (χ2v) is 6.74. The van der Waals surface area contributed by atoms with Crippen LogP contribution in [-0.4, -0.2) is 25.5 Å². The number of anilines is 1. The van der Waals surface area contributed by atoms with Gasteiger partial charge in [-0.1, -0.05) is 42.5 Å². The topological polar surface area (TPSA) is 76.7 Å². The van der Waals surface area contributed by atoms with Gasteiger partial charge in [0.05, 0.1) is 12.8 Å². The van der Waals surface area contributed by atoms with E-state index in [1.165, 1.54) is 0 Å². The summed E-state index contributed by atoms with van der Waals surface area (Å²) in [5.74, 6) is 0.482. The minimum atomic E-state index is -0.321. The van der Waals surface area contributed by atoms with E-state index in [1.54, 1.807) is 37.4 Å². The molecule has 6 heteroatoms. The van der Waals surface area contributed by atoms with Crippen LogP contribution in [0.25, 0.3) is 0 Å². The fourth-order valence-electron chi connectivity index (χ4n) is 2.86. The van der Waals surface area contributed by atoms with E-state index < -0.39 is 0 Å². The van der Waals surface area contributed by atoms with E-state index in [0.29, 0.717) is 29.3 Å². The lowest BCUT2D eigenvalue weighted by Gasteiger charge is -2.12. The van der Waals surface area contributed by atoms with Gasteiger partial charge in [-0.25, -0.2) is 0 Å². The zero-order valence-electron chi connectivity index (χ0n) is 17.0. The van der Waals surface area contributed by atoms with Crippen molar-refractivity contribution in [2.24, 2.45) is 0 Å². The SMILES string of the molecule is COc1ccc(C)cc1NC(=O)COc1cccc(C(=O)NCc2ccccc2)c1. The van der Waals surface area contributed by atoms with Gasteiger partial charge >= 0.3 is 0 Å². The fourth-order valence-corrected chi connectivity index (χ4v) is 2.86. The van der Waals surface area contributed by atoms with Crippen LogP contribution < -0.4 is 20.1 Å². The monoisotopic (exact) mass is 404 g/mol. The Morgan fingerprint density at radius 2 is 1.73 bits per heavy atom. The average molecular weight is 404 g/mol. The second-order valence-electron chi connectivity index (χ2n) is 6.74. The molecule has 0 saturated heterocycles. The molecule has 0 heterocycles. The molecular weight excluding hydrogens is 380 g/mol. The van der Waals surface area contributed by atoms with Crippen molar-refractivity contribution in [3.8, 4) is 11.5 Å². The van der Waals surface area contributed by atoms with Gasteiger partial charge in [-0.3, -0.25) is 9.59 Å². The van der Waals surface area contributed by atoms with Gasteiger partial charge in [-0.05, 0) is 48.4 Å². The molecule has 0 radical (unpaired) electrons. The number of benzene rings is 3. The Bertz CT molecular complexity index is 1020. The van der Waals surface area contributed by atoms with Gasteiger partial charge in [0.25, 0.3) is 11.8 Å². The summed E-state index contributed by atoms with van der Waals surface area (Å²) in [4.78, 5) is 24.7. The van der Waals surface area contributed by atoms with Gasteiger partial charge in [0.15, 0.2) is 6.61 Å². The standard InChI is InChI=1S/C24H24N2O4/c1-17-11-12-22(29-2)21(13-17)26-23(27)16-30-20-10-6-9-19(14-20)24(28)25-15-18-7-4-3-5-8-18/h3-14H,15-16H2,1-2H3,(H,25,28)(H,26,27). The molecular formula is C24H24N2O4. The molecule has 0 aliphatic rings. The molecule has 0 aromatic heterocycles. The maximum atomic E-state index is 12.4. The average Bonchev–Trinajstić information content (AvgIpc) is 2.77. The van der Waals surface area contributed by atoms with Crippen LogP contribution in [0.4, 0.5) is 5.69 Å². The molecule has 0 atom stereocenters. The highest BCUT2D eigenvalue weighted by molar-refractivity contribution is 5.95. The van der Waals surface area contributed by atoms with Crippen LogP contribution in [-0.2, 0) is 11.3 Å². The molecule has 3 rings (SSSR count). The molecule has 6 nitrogen and oxygen atoms in total. The Labute approximate surface area is 175 Å². The van der Waals surface area contributed by atoms with Crippen molar-refractivity contribution in [2.45, 2.75) is 13.5 Å². The number of ether oxygens (including phenoxy) is 2. The normalized spacial score (nSPS) is 10.2. The summed E-state index contributed by atoms with van der Waals surface area (Å²) in [6, 6.07) is 21.9. The number of carbonyl (C=O) groups is 2. The van der Waals surface area contributed by atoms with E-state index in [-0.39, 0.29) is 18.4 Å². The minimum absolute atomic E-state index is 0.188. The van der Waals surface area contributed by atoms with E-state index in [1.807, 2.05) is 49.4 Å². The second kappa shape index (κ2) is 10.1. The third-order valence-electron chi connectivity index (χ3n) is 4.39. The van der Waals surface area contributed by atoms with Crippen molar-refractivity contribution in [3.63, 3.8) is 0 Å². The molecule has 0 spiro atoms. The maximum absolute atomic E-state index is 12.4. The number of rotatable bonds is 8. The van der Waals surface area contributed by atoms with Crippen LogP contribution in [0.2, 0.25) is 0 Å². The minimum Gasteiger partial charge on any atom is -0.495 e. The number of aryl methyl sites for hydroxylation is 1. The molecule has 3 aromatic rings. The highest BCUT2D eigenvalue weighted by atomic mass is 16.5. The van der Waals surface area contributed by atoms with Crippen molar-refractivity contribution >= 4 is 17.5 Å². The molecule has 0 bridgehead atoms. The number of hydrogen-bond acceptors (Lipinski definition) is 4. The third kappa shape index (κ3) is 5.85. The van der Waals surface area contributed by atoms with Crippen LogP contribution in [0.1, 0.15) is 21.5 Å². The largest absolute Gasteiger partial charge is 0.495 e. The Kier molecular flexibility index (Phi) is 7.05. The maximum Gasteiger partial charge on any atom is 0.262 e. The van der Waals surface area contributed by atoms with Crippen LogP contribution in [0, 0.1) is 6.92 Å². The number of nitrogens with one attached hydrogen (secondary N) is 2. The van der Waals surface area contributed by atoms with Gasteiger partial charge in [-0.2, -0.15) is 0 Å². The predicted molar refractivity (Wildman–Crippen MR) is 116 cm³/mol. The first-order valence-corrected chi connectivity index (χ1v) is 9.54. The Morgan fingerprint density at radius 3 is 2.50 bits per heavy atom. The molecule has 3 aromatic carbocycles. The summed E-state index contributed by atoms with van der Waals surface area (Å²) in [5, 5.41) is 5.65. The van der Waals surface area contributed by atoms with Crippen molar-refractivity contribution in [3.05, 3.63) is 89.5 Å². The molecule has 0 fully saturated rings. The van der Waals surface area contributed by atoms with Gasteiger partial charge in [0.1, 0.15) is 11.5 Å². The lowest BCUT2D eigenvalue weighted by Crippen LogP contribution is -2.23. The quantitative estimate of drug-likeness (QED) is 0.596. The number of methoxy groups -OCH3 is 1. The summed E-state index contributed by atoms with van der Waals surface area (Å²) in [5.41, 5.74) is 3.06. The van der Waals surface area contributed by atoms with Crippen LogP contribution in [0.15, 0.2) is 72.8 Å². The lowest BCUT2D eigenvalue weighted by atomic mass is 10.2. The molecule has 2 N–H and O–H groups in total. The zero-order chi connectivity index (χ0) is 21.3. The van der Waals surface area contributed by atoms with E-state index in [0.717, 1.165) is 11.1 Å². The van der Waals surface area contributed by atoms with Gasteiger partial charge in [0.2, 0.25) is 0 Å². The molecule has 0 aliphatic heterocycles. The first-order valence-electron chi connectivity index (χ1n) is 9.54. The predicted octanol–water partition coefficient (Wildman–Crippen LogP) is 3.95. The fraction of sp³-hybridized carbons (Fsp3) is 0.167. The molecule has 2 amide bonds. The first-order chi connectivity index (χ1) is 14.5.